The van der Waals surface area contributed by atoms with Crippen LogP contribution in [0.15, 0.2) is 37.0 Å². The number of hydrogen-bond acceptors (Lipinski definition) is 0. The zero-order valence-electron chi connectivity index (χ0n) is 7.80. The van der Waals surface area contributed by atoms with Crippen molar-refractivity contribution in [3.8, 4) is 0 Å². The highest BCUT2D eigenvalue weighted by Crippen LogP contribution is 2.23. The highest BCUT2D eigenvalue weighted by atomic mass is 14.2. The first-order valence-corrected chi connectivity index (χ1v) is 4.12. The van der Waals surface area contributed by atoms with Gasteiger partial charge in [0.05, 0.1) is 0 Å². The maximum Gasteiger partial charge on any atom is 0.00305 e. The van der Waals surface area contributed by atoms with Gasteiger partial charge in [-0.05, 0) is 13.3 Å². The largest absolute Gasteiger partial charge is 0.102 e. The molecule has 0 N–H and O–H groups in total. The Bertz CT molecular complexity index is 163. The molecule has 0 radical (unpaired) electrons. The third-order valence-corrected chi connectivity index (χ3v) is 2.01. The molecule has 0 aliphatic heterocycles. The zero-order valence-corrected chi connectivity index (χ0v) is 7.80. The maximum absolute atomic E-state index is 3.81. The van der Waals surface area contributed by atoms with E-state index in [4.69, 9.17) is 0 Å². The minimum atomic E-state index is 0.166. The Morgan fingerprint density at radius 3 is 2.36 bits per heavy atom. The summed E-state index contributed by atoms with van der Waals surface area (Å²) in [7, 11) is 0. The SMILES string of the molecule is C=CC(C)(C=CC=CC)CC. The van der Waals surface area contributed by atoms with Gasteiger partial charge in [-0.15, -0.1) is 6.58 Å². The normalized spacial score (nSPS) is 17.4. The highest BCUT2D eigenvalue weighted by Gasteiger charge is 2.11. The Balaban J connectivity index is 4.17. The quantitative estimate of drug-likeness (QED) is 0.423. The van der Waals surface area contributed by atoms with Crippen LogP contribution in [0.5, 0.6) is 0 Å². The molecule has 0 spiro atoms. The molecule has 0 aromatic heterocycles. The molecule has 0 heterocycles. The Morgan fingerprint density at radius 2 is 2.00 bits per heavy atom. The van der Waals surface area contributed by atoms with Crippen molar-refractivity contribution in [2.75, 3.05) is 0 Å². The second kappa shape index (κ2) is 4.95. The summed E-state index contributed by atoms with van der Waals surface area (Å²) in [5.41, 5.74) is 0.166. The third-order valence-electron chi connectivity index (χ3n) is 2.01. The molecule has 0 amide bonds. The van der Waals surface area contributed by atoms with E-state index in [1.54, 1.807) is 0 Å². The molecule has 11 heavy (non-hydrogen) atoms. The van der Waals surface area contributed by atoms with E-state index in [0.29, 0.717) is 0 Å². The van der Waals surface area contributed by atoms with Gasteiger partial charge in [-0.3, -0.25) is 0 Å². The lowest BCUT2D eigenvalue weighted by atomic mass is 9.87. The van der Waals surface area contributed by atoms with Gasteiger partial charge in [-0.25, -0.2) is 0 Å². The molecule has 0 rings (SSSR count). The molecular weight excluding hydrogens is 132 g/mol. The van der Waals surface area contributed by atoms with Gasteiger partial charge in [-0.2, -0.15) is 0 Å². The van der Waals surface area contributed by atoms with Gasteiger partial charge < -0.3 is 0 Å². The topological polar surface area (TPSA) is 0 Å². The van der Waals surface area contributed by atoms with Crippen LogP contribution in [0.1, 0.15) is 27.2 Å². The Labute approximate surface area is 70.3 Å². The number of hydrogen-bond donors (Lipinski definition) is 0. The fraction of sp³-hybridized carbons (Fsp3) is 0.455. The smallest absolute Gasteiger partial charge is 0.00305 e. The lowest BCUT2D eigenvalue weighted by Gasteiger charge is -2.17. The van der Waals surface area contributed by atoms with Crippen LogP contribution < -0.4 is 0 Å². The van der Waals surface area contributed by atoms with Crippen molar-refractivity contribution >= 4 is 0 Å². The zero-order chi connectivity index (χ0) is 8.74. The summed E-state index contributed by atoms with van der Waals surface area (Å²) in [6.45, 7) is 10.2. The van der Waals surface area contributed by atoms with Crippen molar-refractivity contribution in [1.29, 1.82) is 0 Å². The molecule has 0 fully saturated rings. The first-order valence-electron chi connectivity index (χ1n) is 4.12. The van der Waals surface area contributed by atoms with E-state index in [1.165, 1.54) is 0 Å². The molecule has 0 bridgehead atoms. The van der Waals surface area contributed by atoms with Gasteiger partial charge in [0.2, 0.25) is 0 Å². The van der Waals surface area contributed by atoms with Crippen LogP contribution in [0.2, 0.25) is 0 Å². The van der Waals surface area contributed by atoms with Gasteiger partial charge >= 0.3 is 0 Å². The third kappa shape index (κ3) is 3.82. The lowest BCUT2D eigenvalue weighted by Crippen LogP contribution is -2.05. The summed E-state index contributed by atoms with van der Waals surface area (Å²) < 4.78 is 0. The molecule has 0 heteroatoms. The minimum absolute atomic E-state index is 0.166. The Morgan fingerprint density at radius 1 is 1.36 bits per heavy atom. The summed E-state index contributed by atoms with van der Waals surface area (Å²) >= 11 is 0. The number of rotatable bonds is 4. The van der Waals surface area contributed by atoms with Crippen LogP contribution in [0.25, 0.3) is 0 Å². The molecule has 0 aliphatic rings. The van der Waals surface area contributed by atoms with Crippen LogP contribution in [0.3, 0.4) is 0 Å². The number of allylic oxidation sites excluding steroid dienone is 5. The second-order valence-corrected chi connectivity index (χ2v) is 2.95. The van der Waals surface area contributed by atoms with Crippen LogP contribution in [0, 0.1) is 5.41 Å². The minimum Gasteiger partial charge on any atom is -0.102 e. The average Bonchev–Trinajstić information content (AvgIpc) is 2.05. The van der Waals surface area contributed by atoms with E-state index in [2.05, 4.69) is 32.6 Å². The molecule has 0 aromatic carbocycles. The first kappa shape index (κ1) is 10.2. The predicted octanol–water partition coefficient (Wildman–Crippen LogP) is 3.72. The lowest BCUT2D eigenvalue weighted by molar-refractivity contribution is 0.532. The van der Waals surface area contributed by atoms with E-state index < -0.39 is 0 Å². The summed E-state index contributed by atoms with van der Waals surface area (Å²) in [6, 6.07) is 0. The van der Waals surface area contributed by atoms with Crippen LogP contribution in [-0.2, 0) is 0 Å². The van der Waals surface area contributed by atoms with Crippen molar-refractivity contribution in [3.63, 3.8) is 0 Å². The average molecular weight is 150 g/mol. The van der Waals surface area contributed by atoms with E-state index >= 15 is 0 Å². The molecule has 62 valence electrons. The fourth-order valence-corrected chi connectivity index (χ4v) is 0.717. The highest BCUT2D eigenvalue weighted by molar-refractivity contribution is 5.12. The predicted molar refractivity (Wildman–Crippen MR) is 52.5 cm³/mol. The monoisotopic (exact) mass is 150 g/mol. The van der Waals surface area contributed by atoms with Crippen molar-refractivity contribution in [2.24, 2.45) is 5.41 Å². The molecule has 0 saturated carbocycles. The summed E-state index contributed by atoms with van der Waals surface area (Å²) in [6.07, 6.45) is 11.4. The van der Waals surface area contributed by atoms with Crippen LogP contribution >= 0.6 is 0 Å². The fourth-order valence-electron chi connectivity index (χ4n) is 0.717. The first-order chi connectivity index (χ1) is 5.18. The van der Waals surface area contributed by atoms with E-state index in [1.807, 2.05) is 25.2 Å². The summed E-state index contributed by atoms with van der Waals surface area (Å²) in [4.78, 5) is 0. The molecular formula is C11H18. The van der Waals surface area contributed by atoms with Crippen molar-refractivity contribution in [2.45, 2.75) is 27.2 Å². The van der Waals surface area contributed by atoms with Gasteiger partial charge in [0.25, 0.3) is 0 Å². The van der Waals surface area contributed by atoms with Gasteiger partial charge in [0, 0.05) is 5.41 Å². The van der Waals surface area contributed by atoms with E-state index in [-0.39, 0.29) is 5.41 Å². The standard InChI is InChI=1S/C11H18/c1-5-8-9-10-11(4,6-2)7-3/h5-6,8-10H,2,7H2,1,3-4H3. The maximum atomic E-state index is 3.81. The van der Waals surface area contributed by atoms with Crippen LogP contribution in [-0.4, -0.2) is 0 Å². The van der Waals surface area contributed by atoms with Crippen LogP contribution in [0.4, 0.5) is 0 Å². The van der Waals surface area contributed by atoms with Crippen molar-refractivity contribution in [3.05, 3.63) is 37.0 Å². The Kier molecular flexibility index (Phi) is 4.60. The molecule has 0 aliphatic carbocycles. The van der Waals surface area contributed by atoms with Gasteiger partial charge in [0.1, 0.15) is 0 Å². The second-order valence-electron chi connectivity index (χ2n) is 2.95. The molecule has 0 nitrogen and oxygen atoms in total. The van der Waals surface area contributed by atoms with Crippen molar-refractivity contribution in [1.82, 2.24) is 0 Å². The van der Waals surface area contributed by atoms with Gasteiger partial charge in [0.15, 0.2) is 0 Å². The summed E-state index contributed by atoms with van der Waals surface area (Å²) in [5, 5.41) is 0. The molecule has 1 unspecified atom stereocenters. The van der Waals surface area contributed by atoms with E-state index in [9.17, 15) is 0 Å². The summed E-state index contributed by atoms with van der Waals surface area (Å²) in [5.74, 6) is 0. The molecule has 0 aromatic rings. The molecule has 1 atom stereocenters. The Hall–Kier alpha value is -0.780. The van der Waals surface area contributed by atoms with Crippen molar-refractivity contribution < 1.29 is 0 Å². The molecule has 0 saturated heterocycles. The van der Waals surface area contributed by atoms with Gasteiger partial charge in [-0.1, -0.05) is 44.2 Å². The van der Waals surface area contributed by atoms with E-state index in [0.717, 1.165) is 6.42 Å².